The number of rotatable bonds is 2. The van der Waals surface area contributed by atoms with Gasteiger partial charge in [-0.3, -0.25) is 0 Å². The summed E-state index contributed by atoms with van der Waals surface area (Å²) in [7, 11) is 0. The Labute approximate surface area is 111 Å². The third-order valence-electron chi connectivity index (χ3n) is 3.16. The minimum absolute atomic E-state index is 0.407. The quantitative estimate of drug-likeness (QED) is 0.761. The molecule has 0 amide bonds. The van der Waals surface area contributed by atoms with Crippen molar-refractivity contribution in [1.82, 2.24) is 19.5 Å². The number of hydrogen-bond acceptors (Lipinski definition) is 4. The van der Waals surface area contributed by atoms with Gasteiger partial charge in [0.05, 0.1) is 11.0 Å². The summed E-state index contributed by atoms with van der Waals surface area (Å²) in [5.74, 6) is 1.18. The van der Waals surface area contributed by atoms with Crippen molar-refractivity contribution in [1.29, 1.82) is 0 Å². The number of nitrogens with zero attached hydrogens (tertiary/aromatic N) is 4. The van der Waals surface area contributed by atoms with Gasteiger partial charge in [0.2, 0.25) is 0 Å². The lowest BCUT2D eigenvalue weighted by Gasteiger charge is -2.06. The highest BCUT2D eigenvalue weighted by atomic mass is 15.1. The minimum Gasteiger partial charge on any atom is -0.382 e. The molecule has 0 radical (unpaired) electrons. The molecule has 2 heterocycles. The van der Waals surface area contributed by atoms with E-state index in [1.165, 1.54) is 5.56 Å². The van der Waals surface area contributed by atoms with Gasteiger partial charge in [0.15, 0.2) is 11.6 Å². The molecule has 1 aromatic carbocycles. The maximum atomic E-state index is 5.90. The van der Waals surface area contributed by atoms with Crippen molar-refractivity contribution in [3.8, 4) is 11.5 Å². The van der Waals surface area contributed by atoms with Crippen LogP contribution in [-0.2, 0) is 6.54 Å². The largest absolute Gasteiger partial charge is 0.382 e. The average molecular weight is 253 g/mol. The first-order chi connectivity index (χ1) is 9.20. The highest BCUT2D eigenvalue weighted by Crippen LogP contribution is 2.26. The van der Waals surface area contributed by atoms with Gasteiger partial charge in [-0.1, -0.05) is 6.07 Å². The lowest BCUT2D eigenvalue weighted by Crippen LogP contribution is -2.03. The molecule has 0 fully saturated rings. The summed E-state index contributed by atoms with van der Waals surface area (Å²) in [6.07, 6.45) is 3.22. The first-order valence-corrected chi connectivity index (χ1v) is 6.24. The van der Waals surface area contributed by atoms with Gasteiger partial charge in [-0.05, 0) is 31.5 Å². The van der Waals surface area contributed by atoms with Crippen LogP contribution in [0, 0.1) is 6.92 Å². The summed E-state index contributed by atoms with van der Waals surface area (Å²) >= 11 is 0. The van der Waals surface area contributed by atoms with E-state index in [-0.39, 0.29) is 0 Å². The van der Waals surface area contributed by atoms with Crippen molar-refractivity contribution >= 4 is 16.9 Å². The van der Waals surface area contributed by atoms with Crippen molar-refractivity contribution in [3.63, 3.8) is 0 Å². The molecule has 2 aromatic heterocycles. The summed E-state index contributed by atoms with van der Waals surface area (Å²) in [6.45, 7) is 4.95. The third-order valence-corrected chi connectivity index (χ3v) is 3.16. The molecule has 96 valence electrons. The van der Waals surface area contributed by atoms with Gasteiger partial charge < -0.3 is 10.3 Å². The van der Waals surface area contributed by atoms with E-state index in [2.05, 4.69) is 51.6 Å². The third kappa shape index (κ3) is 1.83. The van der Waals surface area contributed by atoms with E-state index in [4.69, 9.17) is 5.73 Å². The zero-order valence-corrected chi connectivity index (χ0v) is 11.0. The summed E-state index contributed by atoms with van der Waals surface area (Å²) < 4.78 is 2.11. The monoisotopic (exact) mass is 253 g/mol. The molecule has 2 N–H and O–H groups in total. The smallest absolute Gasteiger partial charge is 0.163 e. The van der Waals surface area contributed by atoms with E-state index in [1.807, 2.05) is 0 Å². The van der Waals surface area contributed by atoms with Crippen LogP contribution in [0.15, 0.2) is 30.6 Å². The second kappa shape index (κ2) is 4.35. The number of hydrogen-bond donors (Lipinski definition) is 1. The van der Waals surface area contributed by atoms with Gasteiger partial charge in [-0.15, -0.1) is 0 Å². The first-order valence-electron chi connectivity index (χ1n) is 6.24. The van der Waals surface area contributed by atoms with Crippen LogP contribution in [-0.4, -0.2) is 19.5 Å². The van der Waals surface area contributed by atoms with E-state index >= 15 is 0 Å². The predicted octanol–water partition coefficient (Wildman–Crippen LogP) is 2.40. The maximum Gasteiger partial charge on any atom is 0.163 e. The fourth-order valence-electron chi connectivity index (χ4n) is 2.26. The van der Waals surface area contributed by atoms with E-state index < -0.39 is 0 Å². The molecule has 0 saturated carbocycles. The van der Waals surface area contributed by atoms with Crippen LogP contribution in [0.2, 0.25) is 0 Å². The van der Waals surface area contributed by atoms with Crippen molar-refractivity contribution in [3.05, 3.63) is 36.2 Å². The maximum absolute atomic E-state index is 5.90. The van der Waals surface area contributed by atoms with E-state index in [0.717, 1.165) is 23.4 Å². The predicted molar refractivity (Wildman–Crippen MR) is 75.6 cm³/mol. The Morgan fingerprint density at radius 2 is 2.00 bits per heavy atom. The molecule has 5 nitrogen and oxygen atoms in total. The lowest BCUT2D eigenvalue weighted by atomic mass is 10.2. The number of anilines is 1. The van der Waals surface area contributed by atoms with Crippen LogP contribution in [0.3, 0.4) is 0 Å². The number of aryl methyl sites for hydroxylation is 2. The Morgan fingerprint density at radius 3 is 2.74 bits per heavy atom. The number of imidazole rings is 1. The molecule has 0 unspecified atom stereocenters. The number of fused-ring (bicyclic) bond motifs is 1. The minimum atomic E-state index is 0.407. The molecule has 0 aliphatic rings. The highest BCUT2D eigenvalue weighted by molar-refractivity contribution is 5.82. The standard InChI is InChI=1S/C14H15N5/c1-3-19-11-5-4-9(2)8-10(11)18-14(19)12-13(15)17-7-6-16-12/h4-8H,3H2,1-2H3,(H2,15,17). The first kappa shape index (κ1) is 11.6. The molecule has 0 aliphatic heterocycles. The van der Waals surface area contributed by atoms with Crippen molar-refractivity contribution in [2.75, 3.05) is 5.73 Å². The molecule has 0 spiro atoms. The molecular weight excluding hydrogens is 238 g/mol. The fraction of sp³-hybridized carbons (Fsp3) is 0.214. The van der Waals surface area contributed by atoms with Crippen LogP contribution >= 0.6 is 0 Å². The van der Waals surface area contributed by atoms with Crippen molar-refractivity contribution in [2.45, 2.75) is 20.4 Å². The molecule has 3 aromatic rings. The summed E-state index contributed by atoms with van der Waals surface area (Å²) in [6, 6.07) is 6.23. The summed E-state index contributed by atoms with van der Waals surface area (Å²) in [5, 5.41) is 0. The van der Waals surface area contributed by atoms with Crippen molar-refractivity contribution in [2.24, 2.45) is 0 Å². The Morgan fingerprint density at radius 1 is 1.21 bits per heavy atom. The molecule has 0 aliphatic carbocycles. The second-order valence-electron chi connectivity index (χ2n) is 4.46. The second-order valence-corrected chi connectivity index (χ2v) is 4.46. The average Bonchev–Trinajstić information content (AvgIpc) is 2.76. The number of nitrogens with two attached hydrogens (primary N) is 1. The topological polar surface area (TPSA) is 69.6 Å². The number of aromatic nitrogens is 4. The molecule has 19 heavy (non-hydrogen) atoms. The molecule has 0 atom stereocenters. The molecule has 3 rings (SSSR count). The molecule has 5 heteroatoms. The molecule has 0 saturated heterocycles. The van der Waals surface area contributed by atoms with Crippen LogP contribution in [0.25, 0.3) is 22.6 Å². The van der Waals surface area contributed by atoms with E-state index in [0.29, 0.717) is 11.5 Å². The van der Waals surface area contributed by atoms with Gasteiger partial charge in [-0.2, -0.15) is 0 Å². The zero-order valence-electron chi connectivity index (χ0n) is 11.0. The Hall–Kier alpha value is -2.43. The number of nitrogen functional groups attached to an aromatic ring is 1. The lowest BCUT2D eigenvalue weighted by molar-refractivity contribution is 0.793. The van der Waals surface area contributed by atoms with Gasteiger partial charge in [0.25, 0.3) is 0 Å². The Balaban J connectivity index is 2.32. The van der Waals surface area contributed by atoms with Gasteiger partial charge >= 0.3 is 0 Å². The van der Waals surface area contributed by atoms with E-state index in [9.17, 15) is 0 Å². The SMILES string of the molecule is CCn1c(-c2nccnc2N)nc2cc(C)ccc21. The van der Waals surface area contributed by atoms with Crippen molar-refractivity contribution < 1.29 is 0 Å². The normalized spacial score (nSPS) is 11.1. The molecular formula is C14H15N5. The number of benzene rings is 1. The van der Waals surface area contributed by atoms with Gasteiger partial charge in [-0.25, -0.2) is 15.0 Å². The molecule has 0 bridgehead atoms. The Bertz CT molecular complexity index is 745. The Kier molecular flexibility index (Phi) is 2.67. The van der Waals surface area contributed by atoms with Gasteiger partial charge in [0.1, 0.15) is 5.69 Å². The van der Waals surface area contributed by atoms with Crippen LogP contribution in [0.1, 0.15) is 12.5 Å². The van der Waals surface area contributed by atoms with Crippen LogP contribution in [0.4, 0.5) is 5.82 Å². The van der Waals surface area contributed by atoms with Crippen LogP contribution < -0.4 is 5.73 Å². The fourth-order valence-corrected chi connectivity index (χ4v) is 2.26. The summed E-state index contributed by atoms with van der Waals surface area (Å²) in [4.78, 5) is 13.0. The van der Waals surface area contributed by atoms with Crippen LogP contribution in [0.5, 0.6) is 0 Å². The summed E-state index contributed by atoms with van der Waals surface area (Å²) in [5.41, 5.74) is 9.78. The van der Waals surface area contributed by atoms with Gasteiger partial charge in [0, 0.05) is 18.9 Å². The van der Waals surface area contributed by atoms with E-state index in [1.54, 1.807) is 12.4 Å². The highest BCUT2D eigenvalue weighted by Gasteiger charge is 2.15. The zero-order chi connectivity index (χ0) is 13.4.